The van der Waals surface area contributed by atoms with Crippen LogP contribution in [0, 0.1) is 0 Å². The molecule has 0 amide bonds. The van der Waals surface area contributed by atoms with Gasteiger partial charge in [-0.2, -0.15) is 0 Å². The van der Waals surface area contributed by atoms with Crippen LogP contribution in [0.5, 0.6) is 0 Å². The topological polar surface area (TPSA) is 52.4 Å². The summed E-state index contributed by atoms with van der Waals surface area (Å²) < 4.78 is 28.1. The summed E-state index contributed by atoms with van der Waals surface area (Å²) in [5.74, 6) is 0. The Morgan fingerprint density at radius 3 is 2.44 bits per heavy atom. The lowest BCUT2D eigenvalue weighted by atomic mass is 9.87. The smallest absolute Gasteiger partial charge is 0.398 e. The molecule has 1 aliphatic carbocycles. The van der Waals surface area contributed by atoms with Crippen molar-refractivity contribution in [2.45, 2.75) is 83.1 Å². The van der Waals surface area contributed by atoms with Crippen LogP contribution in [-0.2, 0) is 9.31 Å². The van der Waals surface area contributed by atoms with Crippen LogP contribution in [-0.4, -0.2) is 57.3 Å². The highest BCUT2D eigenvalue weighted by Crippen LogP contribution is 2.39. The molecule has 27 heavy (non-hydrogen) atoms. The zero-order chi connectivity index (χ0) is 19.2. The van der Waals surface area contributed by atoms with E-state index in [4.69, 9.17) is 9.31 Å². The molecule has 3 heterocycles. The van der Waals surface area contributed by atoms with Crippen LogP contribution >= 0.6 is 0 Å². The van der Waals surface area contributed by atoms with Gasteiger partial charge in [0.05, 0.1) is 23.4 Å². The SMILES string of the molecule is CC1(C)OB(C(F)=Cc2cn(C3CCCN(C4CCC4)C3)nn2)OC1(C)C. The quantitative estimate of drug-likeness (QED) is 0.754. The monoisotopic (exact) mass is 376 g/mol. The van der Waals surface area contributed by atoms with Crippen LogP contribution < -0.4 is 0 Å². The fraction of sp³-hybridized carbons (Fsp3) is 0.789. The average molecular weight is 376 g/mol. The lowest BCUT2D eigenvalue weighted by Crippen LogP contribution is -2.46. The molecule has 8 heteroatoms. The minimum Gasteiger partial charge on any atom is -0.398 e. The number of hydrogen-bond acceptors (Lipinski definition) is 5. The van der Waals surface area contributed by atoms with Gasteiger partial charge >= 0.3 is 7.12 Å². The zero-order valence-corrected chi connectivity index (χ0v) is 16.8. The highest BCUT2D eigenvalue weighted by atomic mass is 19.1. The Morgan fingerprint density at radius 2 is 1.81 bits per heavy atom. The zero-order valence-electron chi connectivity index (χ0n) is 16.8. The number of halogens is 1. The van der Waals surface area contributed by atoms with Crippen molar-refractivity contribution in [3.63, 3.8) is 0 Å². The number of likely N-dealkylation sites (tertiary alicyclic amines) is 1. The van der Waals surface area contributed by atoms with Gasteiger partial charge in [0.25, 0.3) is 0 Å². The van der Waals surface area contributed by atoms with Crippen LogP contribution in [0.4, 0.5) is 4.39 Å². The Hall–Kier alpha value is -1.25. The second-order valence-corrected chi connectivity index (χ2v) is 9.12. The maximum atomic E-state index is 14.7. The van der Waals surface area contributed by atoms with E-state index in [1.807, 2.05) is 38.6 Å². The Balaban J connectivity index is 1.42. The highest BCUT2D eigenvalue weighted by molar-refractivity contribution is 6.54. The lowest BCUT2D eigenvalue weighted by Gasteiger charge is -2.42. The summed E-state index contributed by atoms with van der Waals surface area (Å²) in [6.45, 7) is 9.83. The molecule has 148 valence electrons. The molecule has 2 aliphatic heterocycles. The lowest BCUT2D eigenvalue weighted by molar-refractivity contribution is 0.00578. The molecule has 4 rings (SSSR count). The van der Waals surface area contributed by atoms with Gasteiger partial charge < -0.3 is 9.31 Å². The third-order valence-electron chi connectivity index (χ3n) is 6.69. The van der Waals surface area contributed by atoms with E-state index in [2.05, 4.69) is 15.2 Å². The van der Waals surface area contributed by atoms with Gasteiger partial charge in [0.1, 0.15) is 11.4 Å². The molecule has 0 spiro atoms. The normalized spacial score (nSPS) is 29.1. The number of nitrogens with zero attached hydrogens (tertiary/aromatic N) is 4. The number of aromatic nitrogens is 3. The number of hydrogen-bond donors (Lipinski definition) is 0. The second kappa shape index (κ2) is 6.97. The molecule has 1 saturated carbocycles. The van der Waals surface area contributed by atoms with Crippen molar-refractivity contribution < 1.29 is 13.7 Å². The van der Waals surface area contributed by atoms with E-state index in [1.165, 1.54) is 38.3 Å². The maximum absolute atomic E-state index is 14.7. The minimum atomic E-state index is -0.996. The summed E-state index contributed by atoms with van der Waals surface area (Å²) in [6, 6.07) is 1.06. The first-order valence-corrected chi connectivity index (χ1v) is 10.1. The van der Waals surface area contributed by atoms with Gasteiger partial charge in [-0.3, -0.25) is 4.90 Å². The van der Waals surface area contributed by atoms with Crippen molar-refractivity contribution in [1.29, 1.82) is 0 Å². The van der Waals surface area contributed by atoms with Crippen LogP contribution in [0.25, 0.3) is 6.08 Å². The second-order valence-electron chi connectivity index (χ2n) is 9.12. The van der Waals surface area contributed by atoms with Crippen molar-refractivity contribution in [3.05, 3.63) is 17.6 Å². The summed E-state index contributed by atoms with van der Waals surface area (Å²) in [6.07, 6.45) is 9.46. The van der Waals surface area contributed by atoms with Crippen LogP contribution in [0.3, 0.4) is 0 Å². The summed E-state index contributed by atoms with van der Waals surface area (Å²) in [5.41, 5.74) is -1.09. The first kappa shape index (κ1) is 19.1. The van der Waals surface area contributed by atoms with Gasteiger partial charge in [0.15, 0.2) is 0 Å². The van der Waals surface area contributed by atoms with Crippen molar-refractivity contribution in [3.8, 4) is 0 Å². The van der Waals surface area contributed by atoms with Crippen LogP contribution in [0.2, 0.25) is 0 Å². The van der Waals surface area contributed by atoms with Crippen LogP contribution in [0.15, 0.2) is 11.9 Å². The molecule has 3 aliphatic rings. The molecule has 3 fully saturated rings. The maximum Gasteiger partial charge on any atom is 0.525 e. The molecule has 0 N–H and O–H groups in total. The van der Waals surface area contributed by atoms with E-state index in [-0.39, 0.29) is 0 Å². The Bertz CT molecular complexity index is 700. The molecule has 0 aromatic carbocycles. The number of piperidine rings is 1. The molecule has 6 nitrogen and oxygen atoms in total. The molecule has 1 aromatic heterocycles. The third kappa shape index (κ3) is 3.71. The van der Waals surface area contributed by atoms with Gasteiger partial charge in [-0.15, -0.1) is 5.10 Å². The van der Waals surface area contributed by atoms with Crippen molar-refractivity contribution in [2.24, 2.45) is 0 Å². The first-order valence-electron chi connectivity index (χ1n) is 10.1. The van der Waals surface area contributed by atoms with E-state index in [0.29, 0.717) is 11.7 Å². The largest absolute Gasteiger partial charge is 0.525 e. The third-order valence-corrected chi connectivity index (χ3v) is 6.69. The molecule has 0 bridgehead atoms. The minimum absolute atomic E-state index is 0.314. The van der Waals surface area contributed by atoms with Crippen molar-refractivity contribution in [1.82, 2.24) is 19.9 Å². The Labute approximate surface area is 161 Å². The fourth-order valence-electron chi connectivity index (χ4n) is 3.98. The van der Waals surface area contributed by atoms with Gasteiger partial charge in [0, 0.05) is 12.6 Å². The van der Waals surface area contributed by atoms with Gasteiger partial charge in [0.2, 0.25) is 0 Å². The fourth-order valence-corrected chi connectivity index (χ4v) is 3.98. The Kier molecular flexibility index (Phi) is 4.93. The molecule has 1 unspecified atom stereocenters. The summed E-state index contributed by atoms with van der Waals surface area (Å²) >= 11 is 0. The molecule has 1 atom stereocenters. The van der Waals surface area contributed by atoms with E-state index >= 15 is 0 Å². The van der Waals surface area contributed by atoms with Gasteiger partial charge in [-0.1, -0.05) is 11.6 Å². The van der Waals surface area contributed by atoms with Gasteiger partial charge in [-0.25, -0.2) is 9.07 Å². The van der Waals surface area contributed by atoms with Crippen molar-refractivity contribution in [2.75, 3.05) is 13.1 Å². The van der Waals surface area contributed by atoms with Gasteiger partial charge in [-0.05, 0) is 66.0 Å². The molecule has 2 saturated heterocycles. The summed E-state index contributed by atoms with van der Waals surface area (Å²) in [5, 5.41) is 8.41. The number of rotatable bonds is 4. The van der Waals surface area contributed by atoms with E-state index in [0.717, 1.165) is 19.0 Å². The van der Waals surface area contributed by atoms with E-state index < -0.39 is 24.0 Å². The molecule has 0 radical (unpaired) electrons. The standard InChI is InChI=1S/C19H30BFN4O2/c1-18(2)19(3,4)27-20(26-18)17(21)11-14-12-25(23-22-14)16-9-6-10-24(13-16)15-7-5-8-15/h11-12,15-16H,5-10,13H2,1-4H3. The van der Waals surface area contributed by atoms with Crippen molar-refractivity contribution >= 4 is 13.2 Å². The molecular formula is C19H30BFN4O2. The first-order chi connectivity index (χ1) is 12.7. The molecular weight excluding hydrogens is 346 g/mol. The summed E-state index contributed by atoms with van der Waals surface area (Å²) in [7, 11) is -0.996. The summed E-state index contributed by atoms with van der Waals surface area (Å²) in [4.78, 5) is 2.58. The molecule has 1 aromatic rings. The predicted molar refractivity (Wildman–Crippen MR) is 103 cm³/mol. The van der Waals surface area contributed by atoms with Crippen LogP contribution in [0.1, 0.15) is 71.5 Å². The highest BCUT2D eigenvalue weighted by Gasteiger charge is 2.53. The van der Waals surface area contributed by atoms with E-state index in [1.54, 1.807) is 0 Å². The van der Waals surface area contributed by atoms with E-state index in [9.17, 15) is 4.39 Å². The predicted octanol–water partition coefficient (Wildman–Crippen LogP) is 3.41. The Morgan fingerprint density at radius 1 is 1.15 bits per heavy atom. The average Bonchev–Trinajstić information content (AvgIpc) is 3.08.